The Hall–Kier alpha value is -2.82. The number of rotatable bonds is 12. The maximum Gasteiger partial charge on any atom is 0.245 e. The number of amides is 2. The number of nitrogens with one attached hydrogen (secondary N) is 2. The van der Waals surface area contributed by atoms with Gasteiger partial charge < -0.3 is 15.4 Å². The van der Waals surface area contributed by atoms with Crippen LogP contribution >= 0.6 is 11.3 Å². The van der Waals surface area contributed by atoms with Gasteiger partial charge in [-0.1, -0.05) is 50.3 Å². The maximum atomic E-state index is 13.0. The molecule has 1 aromatic heterocycles. The summed E-state index contributed by atoms with van der Waals surface area (Å²) >= 11 is 1.14. The van der Waals surface area contributed by atoms with Crippen molar-refractivity contribution < 1.29 is 22.7 Å². The highest BCUT2D eigenvalue weighted by molar-refractivity contribution is 7.92. The molecule has 2 aromatic rings. The lowest BCUT2D eigenvalue weighted by Gasteiger charge is -2.15. The van der Waals surface area contributed by atoms with E-state index < -0.39 is 26.9 Å². The zero-order chi connectivity index (χ0) is 27.3. The van der Waals surface area contributed by atoms with Crippen molar-refractivity contribution >= 4 is 48.8 Å². The molecule has 10 heteroatoms. The Labute approximate surface area is 218 Å². The number of allylic oxidation sites excluding steroid dienone is 5. The SMILES string of the molecule is C=C/C(=C\C=C(C)C)c1ccc2nc(C(C(=O)NCC(=O)NCC)S(=O)(=O)CCOC)sc2c1.CC. The quantitative estimate of drug-likeness (QED) is 0.394. The first-order valence-electron chi connectivity index (χ1n) is 11.8. The molecule has 0 bridgehead atoms. The number of methoxy groups -OCH3 is 1. The van der Waals surface area contributed by atoms with Crippen LogP contribution in [-0.4, -0.2) is 57.8 Å². The number of fused-ring (bicyclic) bond motifs is 1. The topological polar surface area (TPSA) is 114 Å². The Kier molecular flexibility index (Phi) is 13.3. The van der Waals surface area contributed by atoms with Crippen LogP contribution in [0.2, 0.25) is 0 Å². The first kappa shape index (κ1) is 31.2. The molecule has 1 heterocycles. The van der Waals surface area contributed by atoms with E-state index in [9.17, 15) is 18.0 Å². The van der Waals surface area contributed by atoms with Gasteiger partial charge in [-0.15, -0.1) is 11.3 Å². The molecular weight excluding hydrogens is 498 g/mol. The van der Waals surface area contributed by atoms with E-state index in [0.29, 0.717) is 12.1 Å². The number of thiazole rings is 1. The first-order chi connectivity index (χ1) is 17.1. The number of benzene rings is 1. The minimum Gasteiger partial charge on any atom is -0.384 e. The number of aromatic nitrogens is 1. The number of hydrogen-bond acceptors (Lipinski definition) is 7. The van der Waals surface area contributed by atoms with Gasteiger partial charge in [0.15, 0.2) is 15.1 Å². The van der Waals surface area contributed by atoms with E-state index in [0.717, 1.165) is 32.7 Å². The van der Waals surface area contributed by atoms with Crippen LogP contribution in [0.5, 0.6) is 0 Å². The van der Waals surface area contributed by atoms with Crippen molar-refractivity contribution in [3.05, 3.63) is 59.2 Å². The van der Waals surface area contributed by atoms with Gasteiger partial charge in [0.25, 0.3) is 0 Å². The van der Waals surface area contributed by atoms with Crippen LogP contribution in [0.3, 0.4) is 0 Å². The van der Waals surface area contributed by atoms with Crippen molar-refractivity contribution in [2.75, 3.05) is 32.6 Å². The van der Waals surface area contributed by atoms with Crippen molar-refractivity contribution in [3.8, 4) is 0 Å². The fourth-order valence-corrected chi connectivity index (χ4v) is 6.01. The number of sulfone groups is 1. The first-order valence-corrected chi connectivity index (χ1v) is 14.3. The van der Waals surface area contributed by atoms with Crippen LogP contribution in [0, 0.1) is 0 Å². The van der Waals surface area contributed by atoms with Gasteiger partial charge in [0.05, 0.1) is 29.1 Å². The van der Waals surface area contributed by atoms with Gasteiger partial charge in [0.1, 0.15) is 5.01 Å². The second-order valence-corrected chi connectivity index (χ2v) is 11.0. The molecule has 198 valence electrons. The van der Waals surface area contributed by atoms with E-state index in [1.807, 2.05) is 52.0 Å². The molecule has 1 unspecified atom stereocenters. The zero-order valence-corrected chi connectivity index (χ0v) is 23.5. The van der Waals surface area contributed by atoms with Crippen LogP contribution in [-0.2, 0) is 24.2 Å². The van der Waals surface area contributed by atoms with E-state index >= 15 is 0 Å². The third-order valence-corrected chi connectivity index (χ3v) is 7.87. The molecule has 36 heavy (non-hydrogen) atoms. The lowest BCUT2D eigenvalue weighted by molar-refractivity contribution is -0.125. The molecule has 1 aromatic carbocycles. The third-order valence-electron chi connectivity index (χ3n) is 4.75. The van der Waals surface area contributed by atoms with Crippen LogP contribution in [0.25, 0.3) is 15.8 Å². The second-order valence-electron chi connectivity index (χ2n) is 7.72. The van der Waals surface area contributed by atoms with Crippen molar-refractivity contribution in [2.24, 2.45) is 0 Å². The van der Waals surface area contributed by atoms with Gasteiger partial charge in [-0.3, -0.25) is 9.59 Å². The zero-order valence-electron chi connectivity index (χ0n) is 21.9. The fourth-order valence-electron chi connectivity index (χ4n) is 3.04. The molecule has 0 aliphatic carbocycles. The number of carbonyl (C=O) groups excluding carboxylic acids is 2. The van der Waals surface area contributed by atoms with E-state index in [4.69, 9.17) is 4.74 Å². The molecule has 1 atom stereocenters. The fraction of sp³-hybridized carbons (Fsp3) is 0.423. The summed E-state index contributed by atoms with van der Waals surface area (Å²) in [6.07, 6.45) is 5.68. The van der Waals surface area contributed by atoms with Gasteiger partial charge in [0.2, 0.25) is 11.8 Å². The summed E-state index contributed by atoms with van der Waals surface area (Å²) in [5.74, 6) is -1.55. The van der Waals surface area contributed by atoms with E-state index in [-0.39, 0.29) is 23.9 Å². The molecule has 2 N–H and O–H groups in total. The van der Waals surface area contributed by atoms with E-state index in [1.54, 1.807) is 19.1 Å². The van der Waals surface area contributed by atoms with Gasteiger partial charge in [-0.25, -0.2) is 13.4 Å². The average Bonchev–Trinajstić information content (AvgIpc) is 3.25. The van der Waals surface area contributed by atoms with Gasteiger partial charge in [-0.2, -0.15) is 0 Å². The van der Waals surface area contributed by atoms with Crippen LogP contribution < -0.4 is 10.6 Å². The Morgan fingerprint density at radius 1 is 1.19 bits per heavy atom. The molecule has 0 saturated carbocycles. The summed E-state index contributed by atoms with van der Waals surface area (Å²) in [6, 6.07) is 5.56. The molecule has 0 spiro atoms. The van der Waals surface area contributed by atoms with Gasteiger partial charge >= 0.3 is 0 Å². The number of carbonyl (C=O) groups is 2. The summed E-state index contributed by atoms with van der Waals surface area (Å²) in [6.45, 7) is 13.6. The molecule has 2 rings (SSSR count). The molecular formula is C26H37N3O5S2. The Bertz CT molecular complexity index is 1210. The number of ether oxygens (including phenoxy) is 1. The van der Waals surface area contributed by atoms with Crippen LogP contribution in [0.1, 0.15) is 50.4 Å². The summed E-state index contributed by atoms with van der Waals surface area (Å²) in [5, 5.41) is 3.59. The average molecular weight is 536 g/mol. The highest BCUT2D eigenvalue weighted by Crippen LogP contribution is 2.33. The normalized spacial score (nSPS) is 12.2. The largest absolute Gasteiger partial charge is 0.384 e. The minimum atomic E-state index is -3.95. The Morgan fingerprint density at radius 2 is 1.89 bits per heavy atom. The molecule has 8 nitrogen and oxygen atoms in total. The third kappa shape index (κ3) is 9.00. The van der Waals surface area contributed by atoms with Crippen molar-refractivity contribution in [1.29, 1.82) is 0 Å². The maximum absolute atomic E-state index is 13.0. The van der Waals surface area contributed by atoms with E-state index in [1.165, 1.54) is 7.11 Å². The van der Waals surface area contributed by atoms with Gasteiger partial charge in [0, 0.05) is 13.7 Å². The van der Waals surface area contributed by atoms with Crippen LogP contribution in [0.4, 0.5) is 0 Å². The summed E-state index contributed by atoms with van der Waals surface area (Å²) in [4.78, 5) is 29.2. The molecule has 0 fully saturated rings. The Morgan fingerprint density at radius 3 is 2.47 bits per heavy atom. The summed E-state index contributed by atoms with van der Waals surface area (Å²) < 4.78 is 31.7. The van der Waals surface area contributed by atoms with Crippen molar-refractivity contribution in [1.82, 2.24) is 15.6 Å². The van der Waals surface area contributed by atoms with Gasteiger partial charge in [-0.05, 0) is 44.0 Å². The standard InChI is InChI=1S/C24H31N3O5S2.C2H6/c1-6-17(9-8-16(3)4)18-10-11-19-20(14-18)33-24(27-19)22(34(30,31)13-12-32-5)23(29)26-15-21(28)25-7-2;1-2/h6,8-11,14,22H,1,7,12-13,15H2,2-5H3,(H,25,28)(H,26,29);1-2H3/b17-9+;. The lowest BCUT2D eigenvalue weighted by Crippen LogP contribution is -2.41. The smallest absolute Gasteiger partial charge is 0.245 e. The van der Waals surface area contributed by atoms with Crippen molar-refractivity contribution in [2.45, 2.75) is 39.9 Å². The summed E-state index contributed by atoms with van der Waals surface area (Å²) in [7, 11) is -2.56. The Balaban J connectivity index is 0.00000316. The number of likely N-dealkylation sites (N-methyl/N-ethyl adjacent to an activating group) is 1. The highest BCUT2D eigenvalue weighted by atomic mass is 32.2. The predicted octanol–water partition coefficient (Wildman–Crippen LogP) is 4.21. The van der Waals surface area contributed by atoms with Crippen LogP contribution in [0.15, 0.2) is 48.6 Å². The molecule has 0 saturated heterocycles. The summed E-state index contributed by atoms with van der Waals surface area (Å²) in [5.41, 5.74) is 3.53. The predicted molar refractivity (Wildman–Crippen MR) is 149 cm³/mol. The minimum absolute atomic E-state index is 0.0602. The number of nitrogens with zero attached hydrogens (tertiary/aromatic N) is 1. The monoisotopic (exact) mass is 535 g/mol. The molecule has 2 amide bonds. The van der Waals surface area contributed by atoms with Crippen molar-refractivity contribution in [3.63, 3.8) is 0 Å². The van der Waals surface area contributed by atoms with E-state index in [2.05, 4.69) is 22.2 Å². The second kappa shape index (κ2) is 15.3. The molecule has 0 aliphatic heterocycles. The number of hydrogen-bond donors (Lipinski definition) is 2. The molecule has 0 radical (unpaired) electrons. The lowest BCUT2D eigenvalue weighted by atomic mass is 10.0. The molecule has 0 aliphatic rings. The highest BCUT2D eigenvalue weighted by Gasteiger charge is 2.37.